The average Bonchev–Trinajstić information content (AvgIpc) is 3.12. The minimum absolute atomic E-state index is 0.0325. The minimum atomic E-state index is -1.39. The Morgan fingerprint density at radius 2 is 1.63 bits per heavy atom. The van der Waals surface area contributed by atoms with Crippen LogP contribution in [0, 0.1) is 11.3 Å². The van der Waals surface area contributed by atoms with E-state index < -0.39 is 35.7 Å². The molecule has 0 spiro atoms. The molecule has 0 aromatic heterocycles. The Hall–Kier alpha value is -3.90. The first-order valence-electron chi connectivity index (χ1n) is 11.3. The highest BCUT2D eigenvalue weighted by atomic mass is 16.6. The zero-order chi connectivity index (χ0) is 25.6. The number of aliphatic carboxylic acids is 1. The van der Waals surface area contributed by atoms with Crippen LogP contribution in [0.4, 0.5) is 4.79 Å². The smallest absolute Gasteiger partial charge is 0.407 e. The summed E-state index contributed by atoms with van der Waals surface area (Å²) in [6.07, 6.45) is -1.16. The van der Waals surface area contributed by atoms with Crippen molar-refractivity contribution in [3.05, 3.63) is 59.7 Å². The van der Waals surface area contributed by atoms with Gasteiger partial charge in [0.15, 0.2) is 0 Å². The normalized spacial score (nSPS) is 14.1. The summed E-state index contributed by atoms with van der Waals surface area (Å²) in [5, 5.41) is 23.9. The predicted octanol–water partition coefficient (Wildman–Crippen LogP) is 3.19. The van der Waals surface area contributed by atoms with Crippen LogP contribution in [0.3, 0.4) is 0 Å². The number of amides is 1. The van der Waals surface area contributed by atoms with Crippen LogP contribution in [0.15, 0.2) is 48.5 Å². The summed E-state index contributed by atoms with van der Waals surface area (Å²) < 4.78 is 10.6. The van der Waals surface area contributed by atoms with Gasteiger partial charge in [0.2, 0.25) is 0 Å². The summed E-state index contributed by atoms with van der Waals surface area (Å²) in [4.78, 5) is 36.0. The standard InChI is InChI=1S/C26H29N3O6/c1-26(2,3)35-23(30)14-28-16(13-27)12-22(24(31)32)29-25(33)34-15-21-19-10-6-4-8-17(19)18-9-5-7-11-20(18)21/h4-11,16,21-22,28H,12,14-15H2,1-3H3,(H,29,33)(H,31,32)/t16?,22-/m1/s1. The van der Waals surface area contributed by atoms with E-state index in [1.165, 1.54) is 0 Å². The Balaban J connectivity index is 1.57. The van der Waals surface area contributed by atoms with Crippen LogP contribution < -0.4 is 10.6 Å². The van der Waals surface area contributed by atoms with Gasteiger partial charge in [-0.3, -0.25) is 10.1 Å². The van der Waals surface area contributed by atoms with Crippen LogP contribution in [0.2, 0.25) is 0 Å². The number of nitrogens with one attached hydrogen (secondary N) is 2. The van der Waals surface area contributed by atoms with E-state index in [1.54, 1.807) is 20.8 Å². The number of benzene rings is 2. The summed E-state index contributed by atoms with van der Waals surface area (Å²) in [7, 11) is 0. The lowest BCUT2D eigenvalue weighted by atomic mass is 9.98. The van der Waals surface area contributed by atoms with Gasteiger partial charge < -0.3 is 19.9 Å². The Kier molecular flexibility index (Phi) is 8.10. The number of nitrogens with zero attached hydrogens (tertiary/aromatic N) is 1. The van der Waals surface area contributed by atoms with Gasteiger partial charge in [0.05, 0.1) is 18.7 Å². The molecule has 2 aromatic rings. The molecule has 3 N–H and O–H groups in total. The summed E-state index contributed by atoms with van der Waals surface area (Å²) in [5.74, 6) is -2.06. The highest BCUT2D eigenvalue weighted by Gasteiger charge is 2.30. The van der Waals surface area contributed by atoms with E-state index in [-0.39, 0.29) is 25.5 Å². The first kappa shape index (κ1) is 25.7. The van der Waals surface area contributed by atoms with Crippen molar-refractivity contribution in [2.24, 2.45) is 0 Å². The van der Waals surface area contributed by atoms with Crippen LogP contribution in [0.1, 0.15) is 44.2 Å². The Bertz CT molecular complexity index is 1090. The van der Waals surface area contributed by atoms with Crippen molar-refractivity contribution in [1.29, 1.82) is 5.26 Å². The van der Waals surface area contributed by atoms with Gasteiger partial charge in [-0.05, 0) is 43.0 Å². The molecular formula is C26H29N3O6. The van der Waals surface area contributed by atoms with E-state index in [9.17, 15) is 24.8 Å². The molecule has 0 radical (unpaired) electrons. The summed E-state index contributed by atoms with van der Waals surface area (Å²) >= 11 is 0. The molecule has 184 valence electrons. The molecule has 9 nitrogen and oxygen atoms in total. The topological polar surface area (TPSA) is 138 Å². The van der Waals surface area contributed by atoms with Crippen molar-refractivity contribution in [3.63, 3.8) is 0 Å². The summed E-state index contributed by atoms with van der Waals surface area (Å²) in [5.41, 5.74) is 3.54. The number of fused-ring (bicyclic) bond motifs is 3. The van der Waals surface area contributed by atoms with E-state index in [2.05, 4.69) is 10.6 Å². The van der Waals surface area contributed by atoms with E-state index in [0.717, 1.165) is 22.3 Å². The molecule has 0 bridgehead atoms. The number of ether oxygens (including phenoxy) is 2. The van der Waals surface area contributed by atoms with Gasteiger partial charge in [-0.15, -0.1) is 0 Å². The van der Waals surface area contributed by atoms with Gasteiger partial charge in [0.25, 0.3) is 0 Å². The molecule has 0 fully saturated rings. The molecule has 3 rings (SSSR count). The molecule has 0 aliphatic heterocycles. The number of alkyl carbamates (subject to hydrolysis) is 1. The summed E-state index contributed by atoms with van der Waals surface area (Å²) in [6.45, 7) is 4.90. The van der Waals surface area contributed by atoms with Crippen molar-refractivity contribution in [2.75, 3.05) is 13.2 Å². The zero-order valence-corrected chi connectivity index (χ0v) is 19.9. The molecule has 2 atom stereocenters. The lowest BCUT2D eigenvalue weighted by Crippen LogP contribution is -2.46. The number of carboxylic acid groups (broad SMARTS) is 1. The summed E-state index contributed by atoms with van der Waals surface area (Å²) in [6, 6.07) is 15.2. The fraction of sp³-hybridized carbons (Fsp3) is 0.385. The van der Waals surface area contributed by atoms with Crippen LogP contribution in [0.5, 0.6) is 0 Å². The number of carbonyl (C=O) groups excluding carboxylic acids is 2. The highest BCUT2D eigenvalue weighted by molar-refractivity contribution is 5.81. The molecule has 1 amide bonds. The second-order valence-electron chi connectivity index (χ2n) is 9.25. The fourth-order valence-electron chi connectivity index (χ4n) is 4.01. The largest absolute Gasteiger partial charge is 0.480 e. The lowest BCUT2D eigenvalue weighted by Gasteiger charge is -2.21. The number of rotatable bonds is 9. The average molecular weight is 480 g/mol. The molecule has 35 heavy (non-hydrogen) atoms. The monoisotopic (exact) mass is 479 g/mol. The molecule has 0 heterocycles. The van der Waals surface area contributed by atoms with Crippen molar-refractivity contribution in [1.82, 2.24) is 10.6 Å². The van der Waals surface area contributed by atoms with Crippen molar-refractivity contribution >= 4 is 18.0 Å². The molecule has 2 aromatic carbocycles. The number of esters is 1. The van der Waals surface area contributed by atoms with Gasteiger partial charge in [0.1, 0.15) is 18.2 Å². The zero-order valence-electron chi connectivity index (χ0n) is 19.9. The Labute approximate surface area is 204 Å². The Morgan fingerprint density at radius 1 is 1.06 bits per heavy atom. The number of carboxylic acids is 1. The number of hydrogen-bond acceptors (Lipinski definition) is 7. The maximum Gasteiger partial charge on any atom is 0.407 e. The third-order valence-corrected chi connectivity index (χ3v) is 5.47. The third kappa shape index (κ3) is 6.80. The first-order chi connectivity index (χ1) is 16.6. The van der Waals surface area contributed by atoms with Crippen LogP contribution in [-0.2, 0) is 19.1 Å². The maximum absolute atomic E-state index is 12.5. The van der Waals surface area contributed by atoms with Gasteiger partial charge in [-0.1, -0.05) is 48.5 Å². The number of hydrogen-bond donors (Lipinski definition) is 3. The van der Waals surface area contributed by atoms with Gasteiger partial charge in [0, 0.05) is 12.3 Å². The maximum atomic E-state index is 12.5. The first-order valence-corrected chi connectivity index (χ1v) is 11.3. The molecular weight excluding hydrogens is 450 g/mol. The molecule has 9 heteroatoms. The molecule has 1 unspecified atom stereocenters. The van der Waals surface area contributed by atoms with Gasteiger partial charge in [-0.25, -0.2) is 9.59 Å². The number of carbonyl (C=O) groups is 3. The van der Waals surface area contributed by atoms with Gasteiger partial charge in [-0.2, -0.15) is 5.26 Å². The van der Waals surface area contributed by atoms with Crippen molar-refractivity contribution in [3.8, 4) is 17.2 Å². The quantitative estimate of drug-likeness (QED) is 0.466. The highest BCUT2D eigenvalue weighted by Crippen LogP contribution is 2.44. The van der Waals surface area contributed by atoms with E-state index in [4.69, 9.17) is 9.47 Å². The third-order valence-electron chi connectivity index (χ3n) is 5.47. The van der Waals surface area contributed by atoms with E-state index in [1.807, 2.05) is 54.6 Å². The van der Waals surface area contributed by atoms with Crippen molar-refractivity contribution in [2.45, 2.75) is 50.8 Å². The lowest BCUT2D eigenvalue weighted by molar-refractivity contribution is -0.153. The van der Waals surface area contributed by atoms with Crippen LogP contribution in [-0.4, -0.2) is 54.0 Å². The molecule has 1 aliphatic carbocycles. The van der Waals surface area contributed by atoms with E-state index >= 15 is 0 Å². The SMILES string of the molecule is CC(C)(C)OC(=O)CNC(C#N)C[C@@H](NC(=O)OCC1c2ccccc2-c2ccccc21)C(=O)O. The predicted molar refractivity (Wildman–Crippen MR) is 127 cm³/mol. The second-order valence-corrected chi connectivity index (χ2v) is 9.25. The molecule has 0 saturated heterocycles. The van der Waals surface area contributed by atoms with Crippen LogP contribution in [0.25, 0.3) is 11.1 Å². The number of nitriles is 1. The molecule has 0 saturated carbocycles. The van der Waals surface area contributed by atoms with Crippen LogP contribution >= 0.6 is 0 Å². The van der Waals surface area contributed by atoms with Crippen molar-refractivity contribution < 1.29 is 29.0 Å². The Morgan fingerprint density at radius 3 is 2.14 bits per heavy atom. The van der Waals surface area contributed by atoms with Gasteiger partial charge >= 0.3 is 18.0 Å². The van der Waals surface area contributed by atoms with E-state index in [0.29, 0.717) is 0 Å². The minimum Gasteiger partial charge on any atom is -0.480 e. The molecule has 1 aliphatic rings. The second kappa shape index (κ2) is 11.0. The fourth-order valence-corrected chi connectivity index (χ4v) is 4.01.